The van der Waals surface area contributed by atoms with Crippen molar-refractivity contribution < 1.29 is 28.2 Å². The summed E-state index contributed by atoms with van der Waals surface area (Å²) in [7, 11) is 1.52. The van der Waals surface area contributed by atoms with Gasteiger partial charge in [0.1, 0.15) is 29.7 Å². The minimum absolute atomic E-state index is 0.0841. The molecule has 1 heterocycles. The third-order valence-corrected chi connectivity index (χ3v) is 5.70. The summed E-state index contributed by atoms with van der Waals surface area (Å²) in [6.07, 6.45) is -0.422. The van der Waals surface area contributed by atoms with E-state index in [0.717, 1.165) is 5.56 Å². The van der Waals surface area contributed by atoms with Gasteiger partial charge in [0.2, 0.25) is 0 Å². The summed E-state index contributed by atoms with van der Waals surface area (Å²) in [5, 5.41) is 4.33. The van der Waals surface area contributed by atoms with Crippen LogP contribution in [0, 0.1) is 6.92 Å². The molecule has 0 aliphatic carbocycles. The van der Waals surface area contributed by atoms with Crippen molar-refractivity contribution in [1.29, 1.82) is 0 Å². The number of benzene rings is 3. The van der Waals surface area contributed by atoms with E-state index in [1.807, 2.05) is 30.3 Å². The van der Waals surface area contributed by atoms with Gasteiger partial charge < -0.3 is 23.9 Å². The molecule has 180 valence electrons. The normalized spacial score (nSPS) is 11.7. The molecule has 8 nitrogen and oxygen atoms in total. The molecule has 4 aromatic rings. The van der Waals surface area contributed by atoms with Crippen LogP contribution in [0.2, 0.25) is 0 Å². The predicted octanol–water partition coefficient (Wildman–Crippen LogP) is 4.87. The minimum Gasteiger partial charge on any atom is -0.497 e. The van der Waals surface area contributed by atoms with Gasteiger partial charge in [-0.05, 0) is 49.2 Å². The van der Waals surface area contributed by atoms with E-state index < -0.39 is 23.7 Å². The van der Waals surface area contributed by atoms with E-state index in [1.165, 1.54) is 7.11 Å². The van der Waals surface area contributed by atoms with Gasteiger partial charge in [0.15, 0.2) is 0 Å². The average molecular weight is 475 g/mol. The lowest BCUT2D eigenvalue weighted by Crippen LogP contribution is -2.42. The zero-order valence-corrected chi connectivity index (χ0v) is 19.6. The quantitative estimate of drug-likeness (QED) is 0.176. The molecule has 35 heavy (non-hydrogen) atoms. The highest BCUT2D eigenvalue weighted by atomic mass is 16.6. The van der Waals surface area contributed by atoms with Gasteiger partial charge >= 0.3 is 17.7 Å². The van der Waals surface area contributed by atoms with E-state index >= 15 is 0 Å². The number of alkyl carbamates (subject to hydrolysis) is 1. The Kier molecular flexibility index (Phi) is 7.01. The molecule has 0 unspecified atom stereocenters. The highest BCUT2D eigenvalue weighted by molar-refractivity contribution is 6.06. The number of esters is 1. The molecular formula is C27H25NO7. The molecule has 1 aromatic heterocycles. The molecule has 0 spiro atoms. The van der Waals surface area contributed by atoms with Crippen LogP contribution in [0.25, 0.3) is 21.7 Å². The van der Waals surface area contributed by atoms with E-state index in [9.17, 15) is 14.4 Å². The van der Waals surface area contributed by atoms with Crippen LogP contribution in [0.5, 0.6) is 11.5 Å². The van der Waals surface area contributed by atoms with Gasteiger partial charge in [0.25, 0.3) is 0 Å². The maximum atomic E-state index is 12.8. The molecule has 1 atom stereocenters. The maximum absolute atomic E-state index is 12.8. The molecular weight excluding hydrogens is 450 g/mol. The number of nitrogens with one attached hydrogen (secondary N) is 1. The second kappa shape index (κ2) is 10.3. The second-order valence-corrected chi connectivity index (χ2v) is 7.95. The number of amides is 1. The number of methoxy groups -OCH3 is 1. The fourth-order valence-corrected chi connectivity index (χ4v) is 3.74. The Morgan fingerprint density at radius 2 is 1.74 bits per heavy atom. The van der Waals surface area contributed by atoms with Gasteiger partial charge in [-0.1, -0.05) is 37.3 Å². The topological polar surface area (TPSA) is 104 Å². The van der Waals surface area contributed by atoms with Crippen molar-refractivity contribution in [1.82, 2.24) is 5.32 Å². The van der Waals surface area contributed by atoms with Crippen molar-refractivity contribution >= 4 is 33.8 Å². The number of carbonyl (C=O) groups is 2. The molecule has 1 amide bonds. The minimum atomic E-state index is -0.913. The summed E-state index contributed by atoms with van der Waals surface area (Å²) in [6, 6.07) is 16.8. The van der Waals surface area contributed by atoms with Crippen LogP contribution in [-0.4, -0.2) is 25.2 Å². The van der Waals surface area contributed by atoms with Crippen LogP contribution in [0.15, 0.2) is 69.9 Å². The van der Waals surface area contributed by atoms with Crippen LogP contribution in [0.4, 0.5) is 4.79 Å². The number of ether oxygens (including phenoxy) is 3. The zero-order chi connectivity index (χ0) is 24.9. The van der Waals surface area contributed by atoms with Gasteiger partial charge in [0.05, 0.1) is 12.5 Å². The SMILES string of the molecule is CC[C@@H](NC(=O)OCc1ccccc1)C(=O)Oc1ccc2c(oc(=O)c3cc(OC)ccc32)c1C. The first kappa shape index (κ1) is 23.8. The Bertz CT molecular complexity index is 1440. The van der Waals surface area contributed by atoms with Crippen molar-refractivity contribution in [3.63, 3.8) is 0 Å². The van der Waals surface area contributed by atoms with E-state index in [2.05, 4.69) is 5.32 Å². The van der Waals surface area contributed by atoms with E-state index in [-0.39, 0.29) is 12.4 Å². The standard InChI is InChI=1S/C27H25NO7/c1-4-22(28-27(31)33-15-17-8-6-5-7-9-17)26(30)34-23-13-12-20-19-11-10-18(32-3)14-21(19)25(29)35-24(20)16(23)2/h5-14,22H,4,15H2,1-3H3,(H,28,31)/t22-/m1/s1. The van der Waals surface area contributed by atoms with Gasteiger partial charge in [-0.25, -0.2) is 14.4 Å². The van der Waals surface area contributed by atoms with Crippen LogP contribution >= 0.6 is 0 Å². The molecule has 0 aliphatic heterocycles. The molecule has 1 N–H and O–H groups in total. The average Bonchev–Trinajstić information content (AvgIpc) is 2.88. The van der Waals surface area contributed by atoms with Crippen molar-refractivity contribution in [2.24, 2.45) is 0 Å². The van der Waals surface area contributed by atoms with Gasteiger partial charge in [0, 0.05) is 16.3 Å². The number of carbonyl (C=O) groups excluding carboxylic acids is 2. The summed E-state index contributed by atoms with van der Waals surface area (Å²) in [5.41, 5.74) is 1.12. The number of rotatable bonds is 7. The smallest absolute Gasteiger partial charge is 0.408 e. The number of hydrogen-bond donors (Lipinski definition) is 1. The monoisotopic (exact) mass is 475 g/mol. The highest BCUT2D eigenvalue weighted by Gasteiger charge is 2.23. The molecule has 0 fully saturated rings. The fraction of sp³-hybridized carbons (Fsp3) is 0.222. The molecule has 4 rings (SSSR count). The molecule has 0 saturated heterocycles. The number of hydrogen-bond acceptors (Lipinski definition) is 7. The lowest BCUT2D eigenvalue weighted by atomic mass is 10.0. The number of fused-ring (bicyclic) bond motifs is 3. The highest BCUT2D eigenvalue weighted by Crippen LogP contribution is 2.32. The molecule has 0 aliphatic rings. The van der Waals surface area contributed by atoms with Crippen molar-refractivity contribution in [2.45, 2.75) is 32.9 Å². The van der Waals surface area contributed by atoms with E-state index in [0.29, 0.717) is 39.5 Å². The van der Waals surface area contributed by atoms with Crippen LogP contribution in [-0.2, 0) is 16.1 Å². The summed E-state index contributed by atoms with van der Waals surface area (Å²) in [6.45, 7) is 3.53. The summed E-state index contributed by atoms with van der Waals surface area (Å²) >= 11 is 0. The molecule has 0 bridgehead atoms. The molecule has 0 saturated carbocycles. The lowest BCUT2D eigenvalue weighted by molar-refractivity contribution is -0.136. The Morgan fingerprint density at radius 3 is 2.46 bits per heavy atom. The third-order valence-electron chi connectivity index (χ3n) is 5.70. The van der Waals surface area contributed by atoms with Gasteiger partial charge in [-0.15, -0.1) is 0 Å². The first-order chi connectivity index (χ1) is 16.9. The largest absolute Gasteiger partial charge is 0.497 e. The van der Waals surface area contributed by atoms with Crippen LogP contribution in [0.3, 0.4) is 0 Å². The Balaban J connectivity index is 1.52. The van der Waals surface area contributed by atoms with Crippen molar-refractivity contribution in [3.05, 3.63) is 82.2 Å². The van der Waals surface area contributed by atoms with Gasteiger partial charge in [-0.2, -0.15) is 0 Å². The Labute approximate surface area is 201 Å². The second-order valence-electron chi connectivity index (χ2n) is 7.95. The van der Waals surface area contributed by atoms with E-state index in [4.69, 9.17) is 18.6 Å². The maximum Gasteiger partial charge on any atom is 0.408 e. The first-order valence-corrected chi connectivity index (χ1v) is 11.1. The number of aryl methyl sites for hydroxylation is 1. The lowest BCUT2D eigenvalue weighted by Gasteiger charge is -2.17. The van der Waals surface area contributed by atoms with E-state index in [1.54, 1.807) is 44.2 Å². The molecule has 0 radical (unpaired) electrons. The zero-order valence-electron chi connectivity index (χ0n) is 19.6. The van der Waals surface area contributed by atoms with Gasteiger partial charge in [-0.3, -0.25) is 0 Å². The third kappa shape index (κ3) is 5.11. The summed E-state index contributed by atoms with van der Waals surface area (Å²) in [4.78, 5) is 37.6. The summed E-state index contributed by atoms with van der Waals surface area (Å²) < 4.78 is 21.5. The van der Waals surface area contributed by atoms with Crippen LogP contribution in [0.1, 0.15) is 24.5 Å². The molecule has 8 heteroatoms. The fourth-order valence-electron chi connectivity index (χ4n) is 3.74. The van der Waals surface area contributed by atoms with Crippen molar-refractivity contribution in [3.8, 4) is 11.5 Å². The first-order valence-electron chi connectivity index (χ1n) is 11.1. The Hall–Kier alpha value is -4.33. The summed E-state index contributed by atoms with van der Waals surface area (Å²) in [5.74, 6) is 0.128. The Morgan fingerprint density at radius 1 is 1.00 bits per heavy atom. The van der Waals surface area contributed by atoms with Crippen LogP contribution < -0.4 is 20.4 Å². The van der Waals surface area contributed by atoms with Crippen molar-refractivity contribution in [2.75, 3.05) is 7.11 Å². The molecule has 3 aromatic carbocycles. The predicted molar refractivity (Wildman–Crippen MR) is 131 cm³/mol.